The molecular formula is C118H142N2O7. The SMILES string of the molecule is CCC(C)(CC(CC(C)(C)C(=O)NC1Cc2ccccc21)c1c2ccccc2cc2ccccc12)C(=O)OC.CCC(CC(CC(C)c1ccc2c(c1)CC2OC)c1cccc2ccccc12)c1ccccc1.CCCNC1Cc2ccc(C(C)CC(CC)c3ccccc3)cc21.CCOC1Cc2cc(C(C)CC(C)(CC(CC)c3ccccc3)C(=O)OC)ccc21. The molecule has 666 valence electrons. The first-order chi connectivity index (χ1) is 61.5. The van der Waals surface area contributed by atoms with Crippen LogP contribution in [0.25, 0.3) is 32.3 Å². The van der Waals surface area contributed by atoms with Crippen LogP contribution < -0.4 is 10.6 Å². The summed E-state index contributed by atoms with van der Waals surface area (Å²) < 4.78 is 21.9. The molecule has 16 rings (SSSR count). The summed E-state index contributed by atoms with van der Waals surface area (Å²) in [7, 11) is 4.79. The van der Waals surface area contributed by atoms with E-state index in [1.807, 2.05) is 59.9 Å². The fourth-order valence-electron chi connectivity index (χ4n) is 21.3. The van der Waals surface area contributed by atoms with Crippen molar-refractivity contribution in [3.8, 4) is 0 Å². The van der Waals surface area contributed by atoms with E-state index >= 15 is 0 Å². The number of methoxy groups -OCH3 is 3. The van der Waals surface area contributed by atoms with Crippen molar-refractivity contribution in [3.05, 3.63) is 356 Å². The summed E-state index contributed by atoms with van der Waals surface area (Å²) in [5.41, 5.74) is 20.5. The molecular weight excluding hydrogens is 1560 g/mol. The molecule has 9 nitrogen and oxygen atoms in total. The molecule has 14 atom stereocenters. The molecule has 12 aromatic rings. The monoisotopic (exact) mass is 1700 g/mol. The Morgan fingerprint density at radius 1 is 0.378 bits per heavy atom. The number of rotatable bonds is 36. The summed E-state index contributed by atoms with van der Waals surface area (Å²) in [5.74, 6) is 3.15. The smallest absolute Gasteiger partial charge is 0.311 e. The first-order valence-corrected chi connectivity index (χ1v) is 47.8. The van der Waals surface area contributed by atoms with Crippen molar-refractivity contribution in [1.29, 1.82) is 0 Å². The molecule has 127 heavy (non-hydrogen) atoms. The summed E-state index contributed by atoms with van der Waals surface area (Å²) in [6, 6.07) is 97.5. The van der Waals surface area contributed by atoms with Gasteiger partial charge in [0.25, 0.3) is 0 Å². The van der Waals surface area contributed by atoms with Crippen molar-refractivity contribution >= 4 is 50.2 Å². The van der Waals surface area contributed by atoms with E-state index in [4.69, 9.17) is 18.9 Å². The minimum absolute atomic E-state index is 0.0422. The van der Waals surface area contributed by atoms with Gasteiger partial charge in [0.15, 0.2) is 0 Å². The number of benzene rings is 12. The third kappa shape index (κ3) is 22.4. The first-order valence-electron chi connectivity index (χ1n) is 47.8. The summed E-state index contributed by atoms with van der Waals surface area (Å²) in [5, 5.41) is 14.4. The van der Waals surface area contributed by atoms with E-state index in [1.165, 1.54) is 162 Å². The molecule has 4 aliphatic rings. The molecule has 0 bridgehead atoms. The number of hydrogen-bond donors (Lipinski definition) is 2. The van der Waals surface area contributed by atoms with Crippen LogP contribution in [0.3, 0.4) is 0 Å². The van der Waals surface area contributed by atoms with E-state index in [9.17, 15) is 14.4 Å². The van der Waals surface area contributed by atoms with E-state index in [2.05, 4.69) is 315 Å². The van der Waals surface area contributed by atoms with Crippen LogP contribution in [0.1, 0.15) is 328 Å². The topological polar surface area (TPSA) is 112 Å². The van der Waals surface area contributed by atoms with Crippen LogP contribution in [0, 0.1) is 16.2 Å². The Labute approximate surface area is 760 Å². The zero-order valence-electron chi connectivity index (χ0n) is 78.9. The second-order valence-electron chi connectivity index (χ2n) is 38.4. The molecule has 0 spiro atoms. The van der Waals surface area contributed by atoms with Gasteiger partial charge in [0.2, 0.25) is 5.91 Å². The van der Waals surface area contributed by atoms with Gasteiger partial charge in [-0.2, -0.15) is 0 Å². The zero-order valence-corrected chi connectivity index (χ0v) is 78.9. The van der Waals surface area contributed by atoms with Gasteiger partial charge < -0.3 is 29.6 Å². The van der Waals surface area contributed by atoms with Crippen LogP contribution in [0.4, 0.5) is 0 Å². The molecule has 9 heteroatoms. The molecule has 0 saturated heterocycles. The highest BCUT2D eigenvalue weighted by molar-refractivity contribution is 6.03. The average Bonchev–Trinajstić information content (AvgIpc) is 0.754. The largest absolute Gasteiger partial charge is 0.469 e. The molecule has 0 radical (unpaired) electrons. The zero-order chi connectivity index (χ0) is 89.9. The van der Waals surface area contributed by atoms with Crippen molar-refractivity contribution in [2.75, 3.05) is 34.5 Å². The van der Waals surface area contributed by atoms with Crippen molar-refractivity contribution in [2.24, 2.45) is 16.2 Å². The number of carbonyl (C=O) groups excluding carboxylic acids is 3. The van der Waals surface area contributed by atoms with E-state index in [1.54, 1.807) is 5.56 Å². The Hall–Kier alpha value is -10.3. The molecule has 0 aromatic heterocycles. The Bertz CT molecular complexity index is 5560. The number of ether oxygens (including phenoxy) is 4. The van der Waals surface area contributed by atoms with E-state index in [-0.39, 0.29) is 41.8 Å². The highest BCUT2D eigenvalue weighted by atomic mass is 16.5. The highest BCUT2D eigenvalue weighted by Gasteiger charge is 2.43. The van der Waals surface area contributed by atoms with Crippen molar-refractivity contribution < 1.29 is 33.3 Å². The van der Waals surface area contributed by atoms with Gasteiger partial charge in [-0.15, -0.1) is 0 Å². The minimum atomic E-state index is -0.670. The van der Waals surface area contributed by atoms with Gasteiger partial charge in [-0.25, -0.2) is 0 Å². The van der Waals surface area contributed by atoms with E-state index in [0.717, 1.165) is 64.5 Å². The van der Waals surface area contributed by atoms with Gasteiger partial charge in [-0.05, 0) is 292 Å². The molecule has 0 fully saturated rings. The van der Waals surface area contributed by atoms with E-state index in [0.29, 0.717) is 66.9 Å². The lowest BCUT2D eigenvalue weighted by molar-refractivity contribution is -0.153. The summed E-state index contributed by atoms with van der Waals surface area (Å²) in [6.45, 7) is 30.2. The Morgan fingerprint density at radius 2 is 0.850 bits per heavy atom. The van der Waals surface area contributed by atoms with Crippen LogP contribution in [-0.2, 0) is 59.0 Å². The first kappa shape index (κ1) is 94.3. The quantitative estimate of drug-likeness (QED) is 0.0295. The normalized spacial score (nSPS) is 18.0. The second kappa shape index (κ2) is 43.7. The van der Waals surface area contributed by atoms with Gasteiger partial charge in [0, 0.05) is 38.0 Å². The third-order valence-corrected chi connectivity index (χ3v) is 29.2. The highest BCUT2D eigenvalue weighted by Crippen LogP contribution is 2.50. The number of carbonyl (C=O) groups is 3. The number of nitrogens with one attached hydrogen (secondary N) is 2. The number of esters is 2. The van der Waals surface area contributed by atoms with E-state index < -0.39 is 16.2 Å². The standard InChI is InChI=1S/C35H39NO3.C33H36O.C27H36O3.C23H31N/c1-6-35(4,33(38)39-5)22-26(21-34(2,3)32(37)36-30-20-25-15-7-10-16-27(25)30)31-28-17-11-8-13-23(28)19-24-14-9-12-18-29(24)31;1-4-24(25-11-6-5-7-12-25)20-28(31-16-10-14-26-13-8-9-15-30(26)31)19-23(2)27-17-18-32-29(21-27)22-33(32)34-3;1-6-20(21-11-9-8-10-12-21)18-27(4,26(28)29-5)17-19(3)22-13-14-24-23(15-22)16-25(24)30-7-2;1-4-13-24-23-16-21-12-11-20(15-22(21)23)17(3)14-18(5-2)19-9-7-6-8-10-19/h7-19,26,30H,6,20-22H2,1-5H3,(H,36,37);5-18,21,23-24,28,33H,4,19-20,22H2,1-3H3;8-15,19-20,25H,6-7,16-18H2,1-5H3;6-12,15,17-18,23-24H,4-5,13-14,16H2,1-3H3. The van der Waals surface area contributed by atoms with Crippen LogP contribution in [-0.4, -0.2) is 52.3 Å². The fourth-order valence-corrected chi connectivity index (χ4v) is 21.3. The molecule has 12 aromatic carbocycles. The second-order valence-corrected chi connectivity index (χ2v) is 38.4. The van der Waals surface area contributed by atoms with Crippen molar-refractivity contribution in [2.45, 2.75) is 264 Å². The van der Waals surface area contributed by atoms with Crippen LogP contribution in [0.5, 0.6) is 0 Å². The van der Waals surface area contributed by atoms with Crippen LogP contribution in [0.2, 0.25) is 0 Å². The molecule has 0 saturated carbocycles. The molecule has 1 amide bonds. The lowest BCUT2D eigenvalue weighted by Gasteiger charge is -2.37. The maximum atomic E-state index is 13.8. The lowest BCUT2D eigenvalue weighted by atomic mass is 9.69. The molecule has 2 N–H and O–H groups in total. The lowest BCUT2D eigenvalue weighted by Crippen LogP contribution is -2.43. The Morgan fingerprint density at radius 3 is 1.41 bits per heavy atom. The maximum absolute atomic E-state index is 13.8. The molecule has 14 unspecified atom stereocenters. The van der Waals surface area contributed by atoms with Gasteiger partial charge in [0.1, 0.15) is 0 Å². The number of hydrogen-bond acceptors (Lipinski definition) is 8. The average molecular weight is 1700 g/mol. The van der Waals surface area contributed by atoms with Gasteiger partial charge >= 0.3 is 11.9 Å². The van der Waals surface area contributed by atoms with Crippen molar-refractivity contribution in [1.82, 2.24) is 10.6 Å². The van der Waals surface area contributed by atoms with Crippen molar-refractivity contribution in [3.63, 3.8) is 0 Å². The Balaban J connectivity index is 0.000000147. The molecule has 0 aliphatic heterocycles. The number of amides is 1. The van der Waals surface area contributed by atoms with Crippen LogP contribution in [0.15, 0.2) is 267 Å². The fraction of sp³-hybridized carbons (Fsp3) is 0.415. The summed E-state index contributed by atoms with van der Waals surface area (Å²) >= 11 is 0. The molecule has 4 aliphatic carbocycles. The van der Waals surface area contributed by atoms with Crippen LogP contribution >= 0.6 is 0 Å². The predicted octanol–water partition coefficient (Wildman–Crippen LogP) is 29.4. The number of fused-ring (bicyclic) bond motifs is 7. The summed E-state index contributed by atoms with van der Waals surface area (Å²) in [4.78, 5) is 39.8. The molecule has 0 heterocycles. The van der Waals surface area contributed by atoms with Gasteiger partial charge in [0.05, 0.1) is 43.3 Å². The Kier molecular flexibility index (Phi) is 32.4. The van der Waals surface area contributed by atoms with Gasteiger partial charge in [-0.1, -0.05) is 330 Å². The third-order valence-electron chi connectivity index (χ3n) is 29.2. The van der Waals surface area contributed by atoms with Gasteiger partial charge in [-0.3, -0.25) is 14.4 Å². The predicted molar refractivity (Wildman–Crippen MR) is 528 cm³/mol. The minimum Gasteiger partial charge on any atom is -0.469 e. The summed E-state index contributed by atoms with van der Waals surface area (Å²) in [6.07, 6.45) is 16.2. The maximum Gasteiger partial charge on any atom is 0.311 e.